The van der Waals surface area contributed by atoms with Crippen LogP contribution in [0.1, 0.15) is 36.4 Å². The van der Waals surface area contributed by atoms with Gasteiger partial charge in [0.2, 0.25) is 11.8 Å². The molecule has 1 aliphatic rings. The van der Waals surface area contributed by atoms with Crippen LogP contribution in [-0.4, -0.2) is 38.3 Å². The van der Waals surface area contributed by atoms with Crippen LogP contribution in [0.4, 0.5) is 26.2 Å². The lowest BCUT2D eigenvalue weighted by Crippen LogP contribution is -2.28. The lowest BCUT2D eigenvalue weighted by Gasteiger charge is -2.26. The standard InChI is InChI=1S/C21H18ClF2N5O5/c22-13-9-11(3-6-14(13)23)25-21-29-28-19(34-21)18(30)26-15-7-8-16(27-17(15)24)33-12-4-1-10(2-5-12)20(31)32/h3,6-10,12H,1-2,4-5H2,(H,25,29)(H,26,30)(H,31,32)/t10-,12+. The number of benzene rings is 1. The Balaban J connectivity index is 1.34. The van der Waals surface area contributed by atoms with Gasteiger partial charge in [-0.3, -0.25) is 9.59 Å². The van der Waals surface area contributed by atoms with Crippen LogP contribution in [0.2, 0.25) is 5.02 Å². The van der Waals surface area contributed by atoms with E-state index in [1.165, 1.54) is 24.3 Å². The van der Waals surface area contributed by atoms with Gasteiger partial charge in [0.1, 0.15) is 11.9 Å². The van der Waals surface area contributed by atoms with Gasteiger partial charge in [-0.05, 0) is 49.9 Å². The number of hydrogen-bond acceptors (Lipinski definition) is 8. The zero-order valence-electron chi connectivity index (χ0n) is 17.4. The summed E-state index contributed by atoms with van der Waals surface area (Å²) in [5, 5.41) is 21.1. The second kappa shape index (κ2) is 10.00. The summed E-state index contributed by atoms with van der Waals surface area (Å²) < 4.78 is 38.5. The molecule has 0 spiro atoms. The fourth-order valence-electron chi connectivity index (χ4n) is 3.41. The molecule has 1 aromatic carbocycles. The molecule has 2 aromatic heterocycles. The topological polar surface area (TPSA) is 139 Å². The lowest BCUT2D eigenvalue weighted by molar-refractivity contribution is -0.143. The zero-order chi connectivity index (χ0) is 24.2. The predicted octanol–water partition coefficient (Wildman–Crippen LogP) is 4.41. The number of carbonyl (C=O) groups excluding carboxylic acids is 1. The molecular formula is C21H18ClF2N5O5. The summed E-state index contributed by atoms with van der Waals surface area (Å²) in [5.41, 5.74) is 0.120. The quantitative estimate of drug-likeness (QED) is 0.408. The molecule has 0 unspecified atom stereocenters. The molecule has 3 N–H and O–H groups in total. The maximum Gasteiger partial charge on any atom is 0.320 e. The van der Waals surface area contributed by atoms with Crippen LogP contribution in [0.3, 0.4) is 0 Å². The number of pyridine rings is 1. The monoisotopic (exact) mass is 493 g/mol. The van der Waals surface area contributed by atoms with Gasteiger partial charge in [-0.25, -0.2) is 4.39 Å². The summed E-state index contributed by atoms with van der Waals surface area (Å²) in [6.07, 6.45) is 1.74. The zero-order valence-corrected chi connectivity index (χ0v) is 18.2. The third kappa shape index (κ3) is 5.57. The Morgan fingerprint density at radius 2 is 1.88 bits per heavy atom. The Labute approximate surface area is 196 Å². The molecule has 0 atom stereocenters. The molecule has 178 valence electrons. The molecule has 0 saturated heterocycles. The van der Waals surface area contributed by atoms with E-state index in [-0.39, 0.29) is 28.7 Å². The normalized spacial score (nSPS) is 17.7. The second-order valence-corrected chi connectivity index (χ2v) is 7.95. The van der Waals surface area contributed by atoms with Crippen LogP contribution in [0.5, 0.6) is 5.88 Å². The van der Waals surface area contributed by atoms with Crippen molar-refractivity contribution in [2.45, 2.75) is 31.8 Å². The molecule has 1 saturated carbocycles. The number of carboxylic acid groups (broad SMARTS) is 1. The summed E-state index contributed by atoms with van der Waals surface area (Å²) >= 11 is 5.71. The number of rotatable bonds is 7. The number of anilines is 3. The average Bonchev–Trinajstić information content (AvgIpc) is 3.27. The molecule has 4 rings (SSSR count). The van der Waals surface area contributed by atoms with Crippen LogP contribution in [0, 0.1) is 17.7 Å². The minimum atomic E-state index is -0.983. The van der Waals surface area contributed by atoms with E-state index in [1.807, 2.05) is 0 Å². The van der Waals surface area contributed by atoms with Gasteiger partial charge < -0.3 is 24.9 Å². The third-order valence-electron chi connectivity index (χ3n) is 5.17. The van der Waals surface area contributed by atoms with Crippen LogP contribution >= 0.6 is 11.6 Å². The molecule has 0 radical (unpaired) electrons. The van der Waals surface area contributed by atoms with Crippen molar-refractivity contribution in [1.29, 1.82) is 0 Å². The molecule has 0 aliphatic heterocycles. The SMILES string of the molecule is O=C(Nc1ccc(O[C@H]2CC[C@@H](C(=O)O)CC2)nc1F)c1nnc(Nc2ccc(F)c(Cl)c2)o1. The van der Waals surface area contributed by atoms with Crippen LogP contribution in [-0.2, 0) is 4.79 Å². The third-order valence-corrected chi connectivity index (χ3v) is 5.46. The molecule has 1 fully saturated rings. The van der Waals surface area contributed by atoms with E-state index in [4.69, 9.17) is 25.9 Å². The Kier molecular flexibility index (Phi) is 6.87. The second-order valence-electron chi connectivity index (χ2n) is 7.54. The highest BCUT2D eigenvalue weighted by molar-refractivity contribution is 6.31. The number of ether oxygens (including phenoxy) is 1. The van der Waals surface area contributed by atoms with Crippen molar-refractivity contribution in [2.24, 2.45) is 5.92 Å². The maximum absolute atomic E-state index is 14.4. The maximum atomic E-state index is 14.4. The molecule has 3 aromatic rings. The Hall–Kier alpha value is -3.80. The van der Waals surface area contributed by atoms with Crippen LogP contribution in [0.25, 0.3) is 0 Å². The average molecular weight is 494 g/mol. The van der Waals surface area contributed by atoms with Crippen molar-refractivity contribution in [3.05, 3.63) is 53.0 Å². The van der Waals surface area contributed by atoms with E-state index in [2.05, 4.69) is 25.8 Å². The largest absolute Gasteiger partial charge is 0.481 e. The van der Waals surface area contributed by atoms with Crippen molar-refractivity contribution in [3.63, 3.8) is 0 Å². The first-order valence-corrected chi connectivity index (χ1v) is 10.6. The summed E-state index contributed by atoms with van der Waals surface area (Å²) in [6, 6.07) is 6.32. The Morgan fingerprint density at radius 3 is 2.56 bits per heavy atom. The van der Waals surface area contributed by atoms with Gasteiger partial charge in [0.15, 0.2) is 0 Å². The summed E-state index contributed by atoms with van der Waals surface area (Å²) in [7, 11) is 0. The smallest absolute Gasteiger partial charge is 0.320 e. The number of aliphatic carboxylic acids is 1. The first kappa shape index (κ1) is 23.4. The van der Waals surface area contributed by atoms with Gasteiger partial charge in [-0.2, -0.15) is 9.37 Å². The van der Waals surface area contributed by atoms with Crippen LogP contribution < -0.4 is 15.4 Å². The molecule has 2 heterocycles. The Bertz CT molecular complexity index is 1220. The predicted molar refractivity (Wildman–Crippen MR) is 115 cm³/mol. The number of carboxylic acids is 1. The van der Waals surface area contributed by atoms with Gasteiger partial charge in [-0.15, -0.1) is 5.10 Å². The van der Waals surface area contributed by atoms with Gasteiger partial charge in [-0.1, -0.05) is 16.7 Å². The summed E-state index contributed by atoms with van der Waals surface area (Å²) in [6.45, 7) is 0. The van der Waals surface area contributed by atoms with Crippen molar-refractivity contribution in [2.75, 3.05) is 10.6 Å². The van der Waals surface area contributed by atoms with E-state index in [0.29, 0.717) is 31.4 Å². The number of hydrogen-bond donors (Lipinski definition) is 3. The van der Waals surface area contributed by atoms with E-state index in [1.54, 1.807) is 0 Å². The number of carbonyl (C=O) groups is 2. The fourth-order valence-corrected chi connectivity index (χ4v) is 3.59. The summed E-state index contributed by atoms with van der Waals surface area (Å²) in [5.74, 6) is -4.11. The number of nitrogens with one attached hydrogen (secondary N) is 2. The minimum Gasteiger partial charge on any atom is -0.481 e. The highest BCUT2D eigenvalue weighted by Crippen LogP contribution is 2.28. The minimum absolute atomic E-state index is 0.0245. The molecule has 10 nitrogen and oxygen atoms in total. The van der Waals surface area contributed by atoms with Crippen molar-refractivity contribution < 1.29 is 32.6 Å². The van der Waals surface area contributed by atoms with Gasteiger partial charge >= 0.3 is 23.8 Å². The molecule has 0 bridgehead atoms. The first-order valence-electron chi connectivity index (χ1n) is 10.2. The van der Waals surface area contributed by atoms with Crippen molar-refractivity contribution in [3.8, 4) is 5.88 Å². The molecule has 1 aliphatic carbocycles. The number of nitrogens with zero attached hydrogens (tertiary/aromatic N) is 3. The number of amides is 1. The number of aromatic nitrogens is 3. The van der Waals surface area contributed by atoms with E-state index < -0.39 is 35.5 Å². The highest BCUT2D eigenvalue weighted by Gasteiger charge is 2.27. The molecule has 34 heavy (non-hydrogen) atoms. The van der Waals surface area contributed by atoms with Crippen molar-refractivity contribution >= 4 is 40.9 Å². The van der Waals surface area contributed by atoms with Gasteiger partial charge in [0, 0.05) is 11.8 Å². The summed E-state index contributed by atoms with van der Waals surface area (Å²) in [4.78, 5) is 27.1. The lowest BCUT2D eigenvalue weighted by atomic mass is 9.87. The molecule has 1 amide bonds. The van der Waals surface area contributed by atoms with E-state index in [0.717, 1.165) is 6.07 Å². The van der Waals surface area contributed by atoms with E-state index >= 15 is 0 Å². The molecule has 13 heteroatoms. The Morgan fingerprint density at radius 1 is 1.12 bits per heavy atom. The highest BCUT2D eigenvalue weighted by atomic mass is 35.5. The molecular weight excluding hydrogens is 476 g/mol. The first-order chi connectivity index (χ1) is 16.3. The van der Waals surface area contributed by atoms with E-state index in [9.17, 15) is 18.4 Å². The fraction of sp³-hybridized carbons (Fsp3) is 0.286. The van der Waals surface area contributed by atoms with Crippen molar-refractivity contribution in [1.82, 2.24) is 15.2 Å². The van der Waals surface area contributed by atoms with Gasteiger partial charge in [0.25, 0.3) is 0 Å². The number of halogens is 3. The van der Waals surface area contributed by atoms with Gasteiger partial charge in [0.05, 0.1) is 16.6 Å². The van der Waals surface area contributed by atoms with Crippen LogP contribution in [0.15, 0.2) is 34.7 Å².